The van der Waals surface area contributed by atoms with Gasteiger partial charge < -0.3 is 9.67 Å². The third-order valence-corrected chi connectivity index (χ3v) is 3.25. The first-order chi connectivity index (χ1) is 10.1. The number of benzene rings is 1. The SMILES string of the molecule is O=C(O)c1cccc(Cn2c(=O)ccc3ccccc32)n1. The van der Waals surface area contributed by atoms with E-state index in [1.54, 1.807) is 22.8 Å². The third-order valence-electron chi connectivity index (χ3n) is 3.25. The summed E-state index contributed by atoms with van der Waals surface area (Å²) in [6.07, 6.45) is 0. The zero-order chi connectivity index (χ0) is 14.8. The van der Waals surface area contributed by atoms with Gasteiger partial charge >= 0.3 is 5.97 Å². The lowest BCUT2D eigenvalue weighted by atomic mass is 10.2. The molecule has 0 unspecified atom stereocenters. The van der Waals surface area contributed by atoms with Crippen LogP contribution in [0.25, 0.3) is 10.9 Å². The van der Waals surface area contributed by atoms with Crippen LogP contribution in [0.5, 0.6) is 0 Å². The standard InChI is InChI=1S/C16H12N2O3/c19-15-9-8-11-4-1-2-7-14(11)18(15)10-12-5-3-6-13(17-12)16(20)21/h1-9H,10H2,(H,20,21). The molecule has 2 heterocycles. The van der Waals surface area contributed by atoms with Crippen molar-refractivity contribution in [2.75, 3.05) is 0 Å². The fourth-order valence-electron chi connectivity index (χ4n) is 2.26. The Labute approximate surface area is 120 Å². The number of fused-ring (bicyclic) bond motifs is 1. The summed E-state index contributed by atoms with van der Waals surface area (Å²) in [5.41, 5.74) is 1.16. The van der Waals surface area contributed by atoms with Crippen LogP contribution in [0.4, 0.5) is 0 Å². The largest absolute Gasteiger partial charge is 0.477 e. The van der Waals surface area contributed by atoms with Gasteiger partial charge in [0.15, 0.2) is 0 Å². The van der Waals surface area contributed by atoms with E-state index in [1.807, 2.05) is 24.3 Å². The first kappa shape index (κ1) is 13.1. The molecule has 104 valence electrons. The lowest BCUT2D eigenvalue weighted by molar-refractivity contribution is 0.0690. The van der Waals surface area contributed by atoms with Gasteiger partial charge in [0.2, 0.25) is 0 Å². The molecule has 0 saturated heterocycles. The van der Waals surface area contributed by atoms with Gasteiger partial charge in [-0.1, -0.05) is 24.3 Å². The number of carboxylic acid groups (broad SMARTS) is 1. The van der Waals surface area contributed by atoms with Gasteiger partial charge in [-0.15, -0.1) is 0 Å². The van der Waals surface area contributed by atoms with Crippen LogP contribution in [-0.4, -0.2) is 20.6 Å². The molecule has 0 bridgehead atoms. The van der Waals surface area contributed by atoms with Crippen LogP contribution in [0.1, 0.15) is 16.2 Å². The molecule has 3 aromatic rings. The van der Waals surface area contributed by atoms with E-state index in [1.165, 1.54) is 12.1 Å². The molecule has 0 spiro atoms. The Bertz CT molecular complexity index is 884. The van der Waals surface area contributed by atoms with Gasteiger partial charge in [-0.3, -0.25) is 4.79 Å². The second-order valence-electron chi connectivity index (χ2n) is 4.64. The molecular weight excluding hydrogens is 268 g/mol. The van der Waals surface area contributed by atoms with Crippen LogP contribution in [0.15, 0.2) is 59.4 Å². The van der Waals surface area contributed by atoms with E-state index in [2.05, 4.69) is 4.98 Å². The summed E-state index contributed by atoms with van der Waals surface area (Å²) < 4.78 is 1.59. The van der Waals surface area contributed by atoms with Crippen LogP contribution in [0.2, 0.25) is 0 Å². The first-order valence-corrected chi connectivity index (χ1v) is 6.43. The number of aromatic carboxylic acids is 1. The summed E-state index contributed by atoms with van der Waals surface area (Å²) in [4.78, 5) is 27.1. The Balaban J connectivity index is 2.10. The van der Waals surface area contributed by atoms with Crippen molar-refractivity contribution in [3.63, 3.8) is 0 Å². The van der Waals surface area contributed by atoms with Crippen LogP contribution in [-0.2, 0) is 6.54 Å². The van der Waals surface area contributed by atoms with E-state index in [0.717, 1.165) is 10.9 Å². The maximum Gasteiger partial charge on any atom is 0.354 e. The summed E-state index contributed by atoms with van der Waals surface area (Å²) in [5.74, 6) is -1.08. The second kappa shape index (κ2) is 5.20. The highest BCUT2D eigenvalue weighted by atomic mass is 16.4. The number of hydrogen-bond donors (Lipinski definition) is 1. The van der Waals surface area contributed by atoms with Crippen molar-refractivity contribution in [3.8, 4) is 0 Å². The number of rotatable bonds is 3. The summed E-state index contributed by atoms with van der Waals surface area (Å²) >= 11 is 0. The van der Waals surface area contributed by atoms with Gasteiger partial charge in [-0.2, -0.15) is 0 Å². The van der Waals surface area contributed by atoms with E-state index in [4.69, 9.17) is 5.11 Å². The predicted octanol–water partition coefficient (Wildman–Crippen LogP) is 2.14. The monoisotopic (exact) mass is 280 g/mol. The summed E-state index contributed by atoms with van der Waals surface area (Å²) in [6, 6.07) is 15.6. The Kier molecular flexibility index (Phi) is 3.23. The number of para-hydroxylation sites is 1. The van der Waals surface area contributed by atoms with Gasteiger partial charge in [-0.05, 0) is 29.7 Å². The molecule has 5 nitrogen and oxygen atoms in total. The van der Waals surface area contributed by atoms with E-state index in [-0.39, 0.29) is 17.8 Å². The molecule has 0 amide bonds. The molecule has 0 aliphatic carbocycles. The van der Waals surface area contributed by atoms with E-state index in [9.17, 15) is 9.59 Å². The number of carbonyl (C=O) groups is 1. The minimum Gasteiger partial charge on any atom is -0.477 e. The van der Waals surface area contributed by atoms with Gasteiger partial charge in [-0.25, -0.2) is 9.78 Å². The molecule has 0 fully saturated rings. The average Bonchev–Trinajstić information content (AvgIpc) is 2.50. The molecule has 3 rings (SSSR count). The highest BCUT2D eigenvalue weighted by Crippen LogP contribution is 2.12. The quantitative estimate of drug-likeness (QED) is 0.797. The molecule has 0 saturated carbocycles. The van der Waals surface area contributed by atoms with Crippen LogP contribution in [0, 0.1) is 0 Å². The van der Waals surface area contributed by atoms with Crippen molar-refractivity contribution in [2.45, 2.75) is 6.54 Å². The average molecular weight is 280 g/mol. The lowest BCUT2D eigenvalue weighted by Crippen LogP contribution is -2.20. The number of nitrogens with zero attached hydrogens (tertiary/aromatic N) is 2. The Morgan fingerprint density at radius 3 is 2.67 bits per heavy atom. The number of pyridine rings is 2. The van der Waals surface area contributed by atoms with Crippen molar-refractivity contribution < 1.29 is 9.90 Å². The molecule has 2 aromatic heterocycles. The lowest BCUT2D eigenvalue weighted by Gasteiger charge is -2.09. The maximum atomic E-state index is 12.1. The van der Waals surface area contributed by atoms with E-state index >= 15 is 0 Å². The topological polar surface area (TPSA) is 72.2 Å². The molecule has 1 N–H and O–H groups in total. The van der Waals surface area contributed by atoms with Gasteiger partial charge in [0, 0.05) is 6.07 Å². The van der Waals surface area contributed by atoms with Crippen molar-refractivity contribution in [2.24, 2.45) is 0 Å². The zero-order valence-corrected chi connectivity index (χ0v) is 11.1. The normalized spacial score (nSPS) is 10.7. The van der Waals surface area contributed by atoms with Gasteiger partial charge in [0.1, 0.15) is 5.69 Å². The molecule has 0 aliphatic rings. The maximum absolute atomic E-state index is 12.1. The number of aromatic nitrogens is 2. The molecule has 0 atom stereocenters. The van der Waals surface area contributed by atoms with Crippen molar-refractivity contribution in [3.05, 3.63) is 76.3 Å². The van der Waals surface area contributed by atoms with Crippen molar-refractivity contribution >= 4 is 16.9 Å². The van der Waals surface area contributed by atoms with Gasteiger partial charge in [0.05, 0.1) is 17.8 Å². The highest BCUT2D eigenvalue weighted by Gasteiger charge is 2.08. The van der Waals surface area contributed by atoms with Gasteiger partial charge in [0.25, 0.3) is 5.56 Å². The summed E-state index contributed by atoms with van der Waals surface area (Å²) in [7, 11) is 0. The predicted molar refractivity (Wildman–Crippen MR) is 78.5 cm³/mol. The highest BCUT2D eigenvalue weighted by molar-refractivity contribution is 5.85. The van der Waals surface area contributed by atoms with Crippen molar-refractivity contribution in [1.82, 2.24) is 9.55 Å². The minimum absolute atomic E-state index is 0.0271. The second-order valence-corrected chi connectivity index (χ2v) is 4.64. The van der Waals surface area contributed by atoms with Crippen LogP contribution < -0.4 is 5.56 Å². The first-order valence-electron chi connectivity index (χ1n) is 6.43. The molecular formula is C16H12N2O3. The fourth-order valence-corrected chi connectivity index (χ4v) is 2.26. The Hall–Kier alpha value is -2.95. The van der Waals surface area contributed by atoms with E-state index in [0.29, 0.717) is 5.69 Å². The Morgan fingerprint density at radius 2 is 1.86 bits per heavy atom. The third kappa shape index (κ3) is 2.53. The van der Waals surface area contributed by atoms with Crippen LogP contribution >= 0.6 is 0 Å². The fraction of sp³-hybridized carbons (Fsp3) is 0.0625. The smallest absolute Gasteiger partial charge is 0.354 e. The number of hydrogen-bond acceptors (Lipinski definition) is 3. The molecule has 21 heavy (non-hydrogen) atoms. The zero-order valence-electron chi connectivity index (χ0n) is 11.1. The summed E-state index contributed by atoms with van der Waals surface area (Å²) in [6.45, 7) is 0.237. The molecule has 5 heteroatoms. The minimum atomic E-state index is -1.08. The van der Waals surface area contributed by atoms with Crippen LogP contribution in [0.3, 0.4) is 0 Å². The molecule has 0 aliphatic heterocycles. The number of carboxylic acids is 1. The Morgan fingerprint density at radius 1 is 1.05 bits per heavy atom. The van der Waals surface area contributed by atoms with Crippen molar-refractivity contribution in [1.29, 1.82) is 0 Å². The molecule has 1 aromatic carbocycles. The van der Waals surface area contributed by atoms with E-state index < -0.39 is 5.97 Å². The molecule has 0 radical (unpaired) electrons. The summed E-state index contributed by atoms with van der Waals surface area (Å²) in [5, 5.41) is 9.92.